The molecule has 1 aliphatic carbocycles. The maximum Gasteiger partial charge on any atom is 0.273 e. The summed E-state index contributed by atoms with van der Waals surface area (Å²) in [5, 5.41) is 2.76. The Morgan fingerprint density at radius 1 is 1.15 bits per heavy atom. The van der Waals surface area contributed by atoms with Crippen LogP contribution in [0.15, 0.2) is 52.9 Å². The molecule has 27 heavy (non-hydrogen) atoms. The third-order valence-corrected chi connectivity index (χ3v) is 4.53. The van der Waals surface area contributed by atoms with Crippen LogP contribution in [0.5, 0.6) is 0 Å². The monoisotopic (exact) mass is 368 g/mol. The average Bonchev–Trinajstić information content (AvgIpc) is 3.42. The van der Waals surface area contributed by atoms with E-state index in [9.17, 15) is 13.6 Å². The molecular formula is C21H18F2N2O2. The summed E-state index contributed by atoms with van der Waals surface area (Å²) in [5.74, 6) is -0.316. The van der Waals surface area contributed by atoms with Gasteiger partial charge in [0, 0.05) is 24.1 Å². The van der Waals surface area contributed by atoms with Crippen LogP contribution in [0, 0.1) is 11.6 Å². The van der Waals surface area contributed by atoms with E-state index < -0.39 is 11.6 Å². The Balaban J connectivity index is 1.47. The topological polar surface area (TPSA) is 55.1 Å². The molecule has 3 aromatic rings. The van der Waals surface area contributed by atoms with E-state index in [-0.39, 0.29) is 30.5 Å². The van der Waals surface area contributed by atoms with Crippen molar-refractivity contribution in [3.05, 3.63) is 77.2 Å². The van der Waals surface area contributed by atoms with Crippen molar-refractivity contribution >= 4 is 5.91 Å². The molecule has 1 aromatic heterocycles. The first-order valence-corrected chi connectivity index (χ1v) is 8.90. The first-order chi connectivity index (χ1) is 13.1. The van der Waals surface area contributed by atoms with Gasteiger partial charge in [0.2, 0.25) is 5.89 Å². The number of halogens is 2. The number of amides is 1. The molecule has 0 aliphatic heterocycles. The molecule has 0 unspecified atom stereocenters. The molecule has 0 radical (unpaired) electrons. The lowest BCUT2D eigenvalue weighted by Gasteiger charge is -2.05. The molecule has 1 N–H and O–H groups in total. The van der Waals surface area contributed by atoms with Crippen molar-refractivity contribution < 1.29 is 18.0 Å². The van der Waals surface area contributed by atoms with Gasteiger partial charge in [-0.15, -0.1) is 0 Å². The quantitative estimate of drug-likeness (QED) is 0.698. The van der Waals surface area contributed by atoms with Crippen LogP contribution in [0.3, 0.4) is 0 Å². The largest absolute Gasteiger partial charge is 0.440 e. The summed E-state index contributed by atoms with van der Waals surface area (Å²) in [6.07, 6.45) is 2.22. The molecule has 1 heterocycles. The van der Waals surface area contributed by atoms with Crippen LogP contribution in [0.2, 0.25) is 0 Å². The second-order valence-corrected chi connectivity index (χ2v) is 6.61. The van der Waals surface area contributed by atoms with Crippen LogP contribution >= 0.6 is 0 Å². The summed E-state index contributed by atoms with van der Waals surface area (Å²) < 4.78 is 32.5. The number of hydrogen-bond donors (Lipinski definition) is 1. The number of aromatic nitrogens is 1. The number of oxazole rings is 1. The van der Waals surface area contributed by atoms with Crippen LogP contribution in [0.4, 0.5) is 8.78 Å². The predicted molar refractivity (Wildman–Crippen MR) is 96.3 cm³/mol. The van der Waals surface area contributed by atoms with Gasteiger partial charge in [0.15, 0.2) is 5.69 Å². The SMILES string of the molecule is O=C(NCCc1ccc(F)cc1F)c1nc(-c2ccccc2)oc1C1CC1. The molecule has 4 nitrogen and oxygen atoms in total. The summed E-state index contributed by atoms with van der Waals surface area (Å²) in [4.78, 5) is 17.0. The molecule has 0 bridgehead atoms. The standard InChI is InChI=1S/C21H18F2N2O2/c22-16-9-8-13(17(23)12-16)10-11-24-20(26)18-19(14-6-7-14)27-21(25-18)15-4-2-1-3-5-15/h1-5,8-9,12,14H,6-7,10-11H2,(H,24,26). The molecule has 2 aromatic carbocycles. The molecule has 0 saturated heterocycles. The highest BCUT2D eigenvalue weighted by Crippen LogP contribution is 2.43. The zero-order valence-electron chi connectivity index (χ0n) is 14.5. The van der Waals surface area contributed by atoms with Gasteiger partial charge >= 0.3 is 0 Å². The Kier molecular flexibility index (Phi) is 4.71. The van der Waals surface area contributed by atoms with E-state index in [4.69, 9.17) is 4.42 Å². The Hall–Kier alpha value is -3.02. The van der Waals surface area contributed by atoms with Gasteiger partial charge in [-0.25, -0.2) is 13.8 Å². The summed E-state index contributed by atoms with van der Waals surface area (Å²) in [6.45, 7) is 0.221. The molecule has 1 saturated carbocycles. The lowest BCUT2D eigenvalue weighted by atomic mass is 10.1. The number of carbonyl (C=O) groups excluding carboxylic acids is 1. The molecule has 138 valence electrons. The Morgan fingerprint density at radius 2 is 1.93 bits per heavy atom. The van der Waals surface area contributed by atoms with Gasteiger partial charge in [0.05, 0.1) is 0 Å². The van der Waals surface area contributed by atoms with E-state index in [1.165, 1.54) is 12.1 Å². The number of carbonyl (C=O) groups is 1. The Morgan fingerprint density at radius 3 is 2.63 bits per heavy atom. The van der Waals surface area contributed by atoms with Crippen molar-refractivity contribution in [2.75, 3.05) is 6.54 Å². The first kappa shape index (κ1) is 17.4. The van der Waals surface area contributed by atoms with Gasteiger partial charge in [-0.05, 0) is 43.0 Å². The third-order valence-electron chi connectivity index (χ3n) is 4.53. The third kappa shape index (κ3) is 3.89. The fourth-order valence-corrected chi connectivity index (χ4v) is 2.94. The lowest BCUT2D eigenvalue weighted by Crippen LogP contribution is -2.27. The molecular weight excluding hydrogens is 350 g/mol. The second-order valence-electron chi connectivity index (χ2n) is 6.61. The second kappa shape index (κ2) is 7.31. The highest BCUT2D eigenvalue weighted by Gasteiger charge is 2.34. The number of benzene rings is 2. The fourth-order valence-electron chi connectivity index (χ4n) is 2.94. The minimum Gasteiger partial charge on any atom is -0.440 e. The zero-order chi connectivity index (χ0) is 18.8. The van der Waals surface area contributed by atoms with E-state index in [1.807, 2.05) is 30.3 Å². The summed E-state index contributed by atoms with van der Waals surface area (Å²) >= 11 is 0. The highest BCUT2D eigenvalue weighted by atomic mass is 19.1. The van der Waals surface area contributed by atoms with Gasteiger partial charge in [-0.2, -0.15) is 0 Å². The summed E-state index contributed by atoms with van der Waals surface area (Å²) in [6, 6.07) is 12.8. The van der Waals surface area contributed by atoms with Crippen LogP contribution in [-0.4, -0.2) is 17.4 Å². The summed E-state index contributed by atoms with van der Waals surface area (Å²) in [7, 11) is 0. The fraction of sp³-hybridized carbons (Fsp3) is 0.238. The van der Waals surface area contributed by atoms with Crippen molar-refractivity contribution in [3.63, 3.8) is 0 Å². The zero-order valence-corrected chi connectivity index (χ0v) is 14.5. The van der Waals surface area contributed by atoms with Gasteiger partial charge in [0.1, 0.15) is 17.4 Å². The van der Waals surface area contributed by atoms with Crippen LogP contribution in [0.1, 0.15) is 40.6 Å². The van der Waals surface area contributed by atoms with Crippen molar-refractivity contribution in [2.45, 2.75) is 25.2 Å². The van der Waals surface area contributed by atoms with E-state index >= 15 is 0 Å². The van der Waals surface area contributed by atoms with Gasteiger partial charge in [0.25, 0.3) is 5.91 Å². The Bertz CT molecular complexity index is 966. The Labute approximate surface area is 155 Å². The minimum absolute atomic E-state index is 0.221. The van der Waals surface area contributed by atoms with E-state index in [2.05, 4.69) is 10.3 Å². The maximum absolute atomic E-state index is 13.7. The normalized spacial score (nSPS) is 13.6. The van der Waals surface area contributed by atoms with E-state index in [1.54, 1.807) is 0 Å². The molecule has 0 atom stereocenters. The average molecular weight is 368 g/mol. The first-order valence-electron chi connectivity index (χ1n) is 8.90. The minimum atomic E-state index is -0.620. The lowest BCUT2D eigenvalue weighted by molar-refractivity contribution is 0.0947. The smallest absolute Gasteiger partial charge is 0.273 e. The van der Waals surface area contributed by atoms with Gasteiger partial charge < -0.3 is 9.73 Å². The van der Waals surface area contributed by atoms with Crippen LogP contribution in [-0.2, 0) is 6.42 Å². The van der Waals surface area contributed by atoms with Gasteiger partial charge in [-0.1, -0.05) is 24.3 Å². The van der Waals surface area contributed by atoms with Crippen molar-refractivity contribution in [2.24, 2.45) is 0 Å². The number of nitrogens with one attached hydrogen (secondary N) is 1. The van der Waals surface area contributed by atoms with Crippen LogP contribution < -0.4 is 5.32 Å². The number of rotatable bonds is 6. The number of hydrogen-bond acceptors (Lipinski definition) is 3. The van der Waals surface area contributed by atoms with E-state index in [0.717, 1.165) is 24.5 Å². The molecule has 1 fully saturated rings. The maximum atomic E-state index is 13.7. The molecule has 4 rings (SSSR count). The number of nitrogens with zero attached hydrogens (tertiary/aromatic N) is 1. The van der Waals surface area contributed by atoms with Crippen molar-refractivity contribution in [1.82, 2.24) is 10.3 Å². The van der Waals surface area contributed by atoms with E-state index in [0.29, 0.717) is 17.2 Å². The van der Waals surface area contributed by atoms with Crippen molar-refractivity contribution in [1.29, 1.82) is 0 Å². The summed E-state index contributed by atoms with van der Waals surface area (Å²) in [5.41, 5.74) is 1.45. The molecule has 6 heteroatoms. The van der Waals surface area contributed by atoms with Crippen LogP contribution in [0.25, 0.3) is 11.5 Å². The predicted octanol–water partition coefficient (Wildman–Crippen LogP) is 4.47. The molecule has 0 spiro atoms. The van der Waals surface area contributed by atoms with Gasteiger partial charge in [-0.3, -0.25) is 4.79 Å². The molecule has 1 aliphatic rings. The highest BCUT2D eigenvalue weighted by molar-refractivity contribution is 5.94. The van der Waals surface area contributed by atoms with Crippen molar-refractivity contribution in [3.8, 4) is 11.5 Å². The molecule has 1 amide bonds.